The van der Waals surface area contributed by atoms with E-state index in [-0.39, 0.29) is 24.4 Å². The number of hydrogen-bond acceptors (Lipinski definition) is 3. The summed E-state index contributed by atoms with van der Waals surface area (Å²) in [7, 11) is 3.49. The molecule has 0 aromatic carbocycles. The van der Waals surface area contributed by atoms with E-state index in [1.54, 1.807) is 23.9 Å². The van der Waals surface area contributed by atoms with E-state index in [0.29, 0.717) is 5.92 Å². The summed E-state index contributed by atoms with van der Waals surface area (Å²) in [4.78, 5) is 30.2. The number of carbonyl (C=O) groups excluding carboxylic acids is 2. The lowest BCUT2D eigenvalue weighted by Gasteiger charge is -2.46. The standard InChI is InChI=1S/C15H25N3O2/c1-16(2)14(19)10-18-9-12-5-6-17(8-11-3-4-11)13(7-12)15(18)20/h11-13H,3-10H2,1-2H3/t12-,13+/m0/s1. The Morgan fingerprint density at radius 2 is 2.05 bits per heavy atom. The van der Waals surface area contributed by atoms with E-state index in [0.717, 1.165) is 32.0 Å². The van der Waals surface area contributed by atoms with E-state index in [1.807, 2.05) is 0 Å². The minimum Gasteiger partial charge on any atom is -0.347 e. The molecule has 0 radical (unpaired) electrons. The third-order valence-corrected chi connectivity index (χ3v) is 4.91. The van der Waals surface area contributed by atoms with Gasteiger partial charge < -0.3 is 9.80 Å². The number of hydrogen-bond donors (Lipinski definition) is 0. The molecule has 2 atom stereocenters. The van der Waals surface area contributed by atoms with Gasteiger partial charge in [-0.3, -0.25) is 14.5 Å². The van der Waals surface area contributed by atoms with E-state index in [1.165, 1.54) is 19.3 Å². The number of nitrogens with zero attached hydrogens (tertiary/aromatic N) is 3. The first kappa shape index (κ1) is 13.9. The Labute approximate surface area is 120 Å². The highest BCUT2D eigenvalue weighted by molar-refractivity contribution is 5.88. The molecule has 3 aliphatic rings. The first-order valence-electron chi connectivity index (χ1n) is 7.77. The molecule has 0 N–H and O–H groups in total. The van der Waals surface area contributed by atoms with E-state index >= 15 is 0 Å². The van der Waals surface area contributed by atoms with Crippen LogP contribution >= 0.6 is 0 Å². The van der Waals surface area contributed by atoms with Crippen LogP contribution in [0.3, 0.4) is 0 Å². The number of likely N-dealkylation sites (N-methyl/N-ethyl adjacent to an activating group) is 1. The van der Waals surface area contributed by atoms with Gasteiger partial charge in [-0.05, 0) is 44.1 Å². The molecule has 2 aliphatic heterocycles. The van der Waals surface area contributed by atoms with Crippen LogP contribution in [0.5, 0.6) is 0 Å². The maximum absolute atomic E-state index is 12.6. The number of piperidine rings is 2. The van der Waals surface area contributed by atoms with Gasteiger partial charge in [-0.1, -0.05) is 0 Å². The van der Waals surface area contributed by atoms with Gasteiger partial charge in [0.2, 0.25) is 11.8 Å². The summed E-state index contributed by atoms with van der Waals surface area (Å²) < 4.78 is 0. The van der Waals surface area contributed by atoms with E-state index in [9.17, 15) is 9.59 Å². The molecule has 0 unspecified atom stereocenters. The molecule has 1 saturated carbocycles. The van der Waals surface area contributed by atoms with Crippen LogP contribution in [0.15, 0.2) is 0 Å². The third kappa shape index (κ3) is 2.82. The lowest BCUT2D eigenvalue weighted by atomic mass is 9.85. The largest absolute Gasteiger partial charge is 0.347 e. The molecule has 5 nitrogen and oxygen atoms in total. The molecule has 2 heterocycles. The zero-order valence-corrected chi connectivity index (χ0v) is 12.5. The summed E-state index contributed by atoms with van der Waals surface area (Å²) in [6.07, 6.45) is 4.81. The molecule has 5 heteroatoms. The molecular weight excluding hydrogens is 254 g/mol. The summed E-state index contributed by atoms with van der Waals surface area (Å²) in [5.41, 5.74) is 0. The number of carbonyl (C=O) groups is 2. The van der Waals surface area contributed by atoms with Crippen molar-refractivity contribution in [1.82, 2.24) is 14.7 Å². The number of likely N-dealkylation sites (tertiary alicyclic amines) is 2. The summed E-state index contributed by atoms with van der Waals surface area (Å²) in [6.45, 7) is 3.16. The maximum atomic E-state index is 12.6. The van der Waals surface area contributed by atoms with Crippen LogP contribution in [-0.4, -0.2) is 72.8 Å². The first-order valence-corrected chi connectivity index (χ1v) is 7.77. The lowest BCUT2D eigenvalue weighted by molar-refractivity contribution is -0.150. The summed E-state index contributed by atoms with van der Waals surface area (Å²) >= 11 is 0. The highest BCUT2D eigenvalue weighted by Gasteiger charge is 2.42. The van der Waals surface area contributed by atoms with Crippen molar-refractivity contribution >= 4 is 11.8 Å². The van der Waals surface area contributed by atoms with Crippen LogP contribution < -0.4 is 0 Å². The van der Waals surface area contributed by atoms with Gasteiger partial charge in [0.05, 0.1) is 12.6 Å². The summed E-state index contributed by atoms with van der Waals surface area (Å²) in [5, 5.41) is 0. The van der Waals surface area contributed by atoms with Crippen LogP contribution in [-0.2, 0) is 9.59 Å². The average molecular weight is 279 g/mol. The van der Waals surface area contributed by atoms with Crippen molar-refractivity contribution < 1.29 is 9.59 Å². The summed E-state index contributed by atoms with van der Waals surface area (Å²) in [5.74, 6) is 1.60. The zero-order chi connectivity index (χ0) is 14.3. The highest BCUT2D eigenvalue weighted by Crippen LogP contribution is 2.35. The Kier molecular flexibility index (Phi) is 3.71. The predicted molar refractivity (Wildman–Crippen MR) is 76.1 cm³/mol. The second-order valence-corrected chi connectivity index (χ2v) is 6.85. The highest BCUT2D eigenvalue weighted by atomic mass is 16.2. The lowest BCUT2D eigenvalue weighted by Crippen LogP contribution is -2.60. The molecule has 2 bridgehead atoms. The van der Waals surface area contributed by atoms with Crippen LogP contribution in [0.2, 0.25) is 0 Å². The Morgan fingerprint density at radius 1 is 1.30 bits per heavy atom. The molecule has 0 aromatic heterocycles. The smallest absolute Gasteiger partial charge is 0.241 e. The van der Waals surface area contributed by atoms with Crippen LogP contribution in [0.1, 0.15) is 25.7 Å². The van der Waals surface area contributed by atoms with Crippen LogP contribution in [0, 0.1) is 11.8 Å². The van der Waals surface area contributed by atoms with Crippen molar-refractivity contribution in [3.63, 3.8) is 0 Å². The Morgan fingerprint density at radius 3 is 2.70 bits per heavy atom. The van der Waals surface area contributed by atoms with Gasteiger partial charge >= 0.3 is 0 Å². The SMILES string of the molecule is CN(C)C(=O)CN1C[C@H]2CCN(CC3CC3)[C@H](C2)C1=O. The maximum Gasteiger partial charge on any atom is 0.241 e. The van der Waals surface area contributed by atoms with E-state index in [2.05, 4.69) is 4.90 Å². The van der Waals surface area contributed by atoms with Crippen molar-refractivity contribution in [2.24, 2.45) is 11.8 Å². The second kappa shape index (κ2) is 5.35. The van der Waals surface area contributed by atoms with E-state index in [4.69, 9.17) is 0 Å². The average Bonchev–Trinajstić information content (AvgIpc) is 3.21. The summed E-state index contributed by atoms with van der Waals surface area (Å²) in [6, 6.07) is 0.0399. The van der Waals surface area contributed by atoms with Gasteiger partial charge in [-0.25, -0.2) is 0 Å². The molecule has 20 heavy (non-hydrogen) atoms. The van der Waals surface area contributed by atoms with Gasteiger partial charge in [-0.15, -0.1) is 0 Å². The molecule has 0 spiro atoms. The molecule has 3 rings (SSSR count). The van der Waals surface area contributed by atoms with Gasteiger partial charge in [-0.2, -0.15) is 0 Å². The van der Waals surface area contributed by atoms with E-state index < -0.39 is 0 Å². The number of amides is 2. The predicted octanol–water partition coefficient (Wildman–Crippen LogP) is 0.407. The number of fused-ring (bicyclic) bond motifs is 2. The van der Waals surface area contributed by atoms with Gasteiger partial charge in [0.15, 0.2) is 0 Å². The molecular formula is C15H25N3O2. The van der Waals surface area contributed by atoms with Gasteiger partial charge in [0.1, 0.15) is 0 Å². The van der Waals surface area contributed by atoms with Crippen molar-refractivity contribution in [3.05, 3.63) is 0 Å². The van der Waals surface area contributed by atoms with Gasteiger partial charge in [0.25, 0.3) is 0 Å². The fourth-order valence-electron chi connectivity index (χ4n) is 3.42. The molecule has 2 amide bonds. The van der Waals surface area contributed by atoms with Crippen LogP contribution in [0.25, 0.3) is 0 Å². The van der Waals surface area contributed by atoms with Gasteiger partial charge in [0, 0.05) is 27.2 Å². The molecule has 1 aliphatic carbocycles. The van der Waals surface area contributed by atoms with Crippen molar-refractivity contribution in [2.75, 3.05) is 40.3 Å². The number of rotatable bonds is 4. The van der Waals surface area contributed by atoms with Crippen molar-refractivity contribution in [2.45, 2.75) is 31.7 Å². The molecule has 0 aromatic rings. The second-order valence-electron chi connectivity index (χ2n) is 6.85. The zero-order valence-electron chi connectivity index (χ0n) is 12.5. The Balaban J connectivity index is 1.65. The van der Waals surface area contributed by atoms with Crippen LogP contribution in [0.4, 0.5) is 0 Å². The Hall–Kier alpha value is -1.10. The fraction of sp³-hybridized carbons (Fsp3) is 0.867. The quantitative estimate of drug-likeness (QED) is 0.748. The normalized spacial score (nSPS) is 30.5. The third-order valence-electron chi connectivity index (χ3n) is 4.91. The molecule has 2 saturated heterocycles. The van der Waals surface area contributed by atoms with Crippen molar-refractivity contribution in [3.8, 4) is 0 Å². The molecule has 3 fully saturated rings. The monoisotopic (exact) mass is 279 g/mol. The first-order chi connectivity index (χ1) is 9.54. The minimum atomic E-state index is 0.0204. The topological polar surface area (TPSA) is 43.9 Å². The fourth-order valence-corrected chi connectivity index (χ4v) is 3.42. The molecule has 112 valence electrons. The van der Waals surface area contributed by atoms with Crippen molar-refractivity contribution in [1.29, 1.82) is 0 Å². The minimum absolute atomic E-state index is 0.0204. The Bertz CT molecular complexity index is 406.